The first kappa shape index (κ1) is 19.2. The molecular formula is C23H19N3O4. The molecule has 1 N–H and O–H groups in total. The minimum atomic E-state index is -0.658. The molecule has 7 heteroatoms. The van der Waals surface area contributed by atoms with Gasteiger partial charge in [-0.1, -0.05) is 30.3 Å². The Morgan fingerprint density at radius 3 is 2.53 bits per heavy atom. The number of nitrogens with one attached hydrogen (secondary N) is 1. The topological polar surface area (TPSA) is 81.9 Å². The van der Waals surface area contributed by atoms with Crippen LogP contribution in [0.4, 0.5) is 5.69 Å². The predicted molar refractivity (Wildman–Crippen MR) is 112 cm³/mol. The van der Waals surface area contributed by atoms with Crippen LogP contribution in [0.2, 0.25) is 0 Å². The molecule has 0 fully saturated rings. The van der Waals surface area contributed by atoms with E-state index in [-0.39, 0.29) is 5.69 Å². The number of amides is 1. The Balaban J connectivity index is 1.34. The van der Waals surface area contributed by atoms with E-state index in [9.17, 15) is 9.59 Å². The van der Waals surface area contributed by atoms with Crippen molar-refractivity contribution in [2.24, 2.45) is 0 Å². The summed E-state index contributed by atoms with van der Waals surface area (Å²) >= 11 is 0. The van der Waals surface area contributed by atoms with Crippen LogP contribution < -0.4 is 10.1 Å². The molecular weight excluding hydrogens is 382 g/mol. The van der Waals surface area contributed by atoms with Gasteiger partial charge in [-0.2, -0.15) is 0 Å². The minimum Gasteiger partial charge on any atom is -0.457 e. The summed E-state index contributed by atoms with van der Waals surface area (Å²) in [7, 11) is 0. The first-order valence-electron chi connectivity index (χ1n) is 9.33. The zero-order chi connectivity index (χ0) is 20.9. The maximum Gasteiger partial charge on any atom is 0.359 e. The lowest BCUT2D eigenvalue weighted by Crippen LogP contribution is -2.21. The van der Waals surface area contributed by atoms with E-state index in [1.807, 2.05) is 49.4 Å². The van der Waals surface area contributed by atoms with Crippen LogP contribution in [-0.2, 0) is 9.53 Å². The Kier molecular flexibility index (Phi) is 5.43. The number of aromatic nitrogens is 2. The lowest BCUT2D eigenvalue weighted by Gasteiger charge is -2.09. The minimum absolute atomic E-state index is 0.148. The first-order chi connectivity index (χ1) is 14.6. The maximum absolute atomic E-state index is 12.2. The number of anilines is 1. The molecule has 0 saturated carbocycles. The Morgan fingerprint density at radius 1 is 0.967 bits per heavy atom. The van der Waals surface area contributed by atoms with Crippen molar-refractivity contribution >= 4 is 23.2 Å². The summed E-state index contributed by atoms with van der Waals surface area (Å²) in [5, 5.41) is 2.69. The molecule has 0 bridgehead atoms. The number of carbonyl (C=O) groups excluding carboxylic acids is 2. The fraction of sp³-hybridized carbons (Fsp3) is 0.0870. The van der Waals surface area contributed by atoms with Gasteiger partial charge in [0.1, 0.15) is 17.1 Å². The average Bonchev–Trinajstić information content (AvgIpc) is 3.19. The molecule has 0 unspecified atom stereocenters. The zero-order valence-corrected chi connectivity index (χ0v) is 16.2. The second kappa shape index (κ2) is 8.48. The van der Waals surface area contributed by atoms with E-state index in [4.69, 9.17) is 9.47 Å². The van der Waals surface area contributed by atoms with Gasteiger partial charge < -0.3 is 19.2 Å². The average molecular weight is 401 g/mol. The normalized spacial score (nSPS) is 10.6. The molecule has 1 amide bonds. The summed E-state index contributed by atoms with van der Waals surface area (Å²) in [4.78, 5) is 28.7. The summed E-state index contributed by atoms with van der Waals surface area (Å²) in [6.07, 6.45) is 1.59. The third kappa shape index (κ3) is 4.47. The molecule has 0 aliphatic heterocycles. The number of hydrogen-bond donors (Lipinski definition) is 1. The summed E-state index contributed by atoms with van der Waals surface area (Å²) in [6.45, 7) is 1.49. The second-order valence-electron chi connectivity index (χ2n) is 6.59. The number of rotatable bonds is 6. The monoisotopic (exact) mass is 401 g/mol. The van der Waals surface area contributed by atoms with Crippen molar-refractivity contribution < 1.29 is 19.1 Å². The number of esters is 1. The molecule has 4 rings (SSSR count). The second-order valence-corrected chi connectivity index (χ2v) is 6.59. The van der Waals surface area contributed by atoms with Gasteiger partial charge >= 0.3 is 5.97 Å². The van der Waals surface area contributed by atoms with Gasteiger partial charge in [-0.15, -0.1) is 0 Å². The summed E-state index contributed by atoms with van der Waals surface area (Å²) in [5.74, 6) is 0.156. The van der Waals surface area contributed by atoms with E-state index in [1.165, 1.54) is 0 Å². The number of aryl methyl sites for hydroxylation is 1. The van der Waals surface area contributed by atoms with Crippen LogP contribution >= 0.6 is 0 Å². The number of benzene rings is 2. The van der Waals surface area contributed by atoms with Crippen LogP contribution in [0, 0.1) is 6.92 Å². The zero-order valence-electron chi connectivity index (χ0n) is 16.2. The lowest BCUT2D eigenvalue weighted by atomic mass is 10.3. The standard InChI is InChI=1S/C23H19N3O4/c1-16-7-5-12-21-25-20(14-26(16)21)23(28)29-15-22(27)24-17-8-6-11-19(13-17)30-18-9-3-2-4-10-18/h2-14H,15H2,1H3,(H,24,27). The van der Waals surface area contributed by atoms with E-state index < -0.39 is 18.5 Å². The molecule has 7 nitrogen and oxygen atoms in total. The van der Waals surface area contributed by atoms with Crippen molar-refractivity contribution in [1.29, 1.82) is 0 Å². The Hall–Kier alpha value is -4.13. The van der Waals surface area contributed by atoms with Crippen molar-refractivity contribution in [3.8, 4) is 11.5 Å². The van der Waals surface area contributed by atoms with Crippen molar-refractivity contribution in [1.82, 2.24) is 9.38 Å². The van der Waals surface area contributed by atoms with Crippen molar-refractivity contribution in [3.63, 3.8) is 0 Å². The van der Waals surface area contributed by atoms with Crippen LogP contribution in [0.5, 0.6) is 11.5 Å². The molecule has 2 heterocycles. The molecule has 4 aromatic rings. The molecule has 0 aliphatic rings. The molecule has 2 aromatic heterocycles. The number of imidazole rings is 1. The van der Waals surface area contributed by atoms with Crippen molar-refractivity contribution in [2.75, 3.05) is 11.9 Å². The summed E-state index contributed by atoms with van der Waals surface area (Å²) < 4.78 is 12.6. The fourth-order valence-electron chi connectivity index (χ4n) is 2.91. The van der Waals surface area contributed by atoms with Gasteiger partial charge in [0, 0.05) is 23.6 Å². The highest BCUT2D eigenvalue weighted by Gasteiger charge is 2.15. The van der Waals surface area contributed by atoms with Gasteiger partial charge in [-0.05, 0) is 43.3 Å². The smallest absolute Gasteiger partial charge is 0.359 e. The predicted octanol–water partition coefficient (Wildman–Crippen LogP) is 4.23. The highest BCUT2D eigenvalue weighted by atomic mass is 16.5. The van der Waals surface area contributed by atoms with E-state index in [2.05, 4.69) is 10.3 Å². The van der Waals surface area contributed by atoms with Crippen LogP contribution in [0.1, 0.15) is 16.2 Å². The lowest BCUT2D eigenvalue weighted by molar-refractivity contribution is -0.119. The van der Waals surface area contributed by atoms with Gasteiger partial charge in [0.2, 0.25) is 0 Å². The SMILES string of the molecule is Cc1cccc2nc(C(=O)OCC(=O)Nc3cccc(Oc4ccccc4)c3)cn12. The third-order valence-corrected chi connectivity index (χ3v) is 4.34. The number of hydrogen-bond acceptors (Lipinski definition) is 5. The van der Waals surface area contributed by atoms with Crippen LogP contribution in [0.3, 0.4) is 0 Å². The largest absolute Gasteiger partial charge is 0.457 e. The van der Waals surface area contributed by atoms with E-state index in [0.717, 1.165) is 5.69 Å². The van der Waals surface area contributed by atoms with Crippen LogP contribution in [0.15, 0.2) is 79.0 Å². The number of para-hydroxylation sites is 1. The van der Waals surface area contributed by atoms with Gasteiger partial charge in [0.15, 0.2) is 12.3 Å². The number of fused-ring (bicyclic) bond motifs is 1. The summed E-state index contributed by atoms with van der Waals surface area (Å²) in [6, 6.07) is 21.9. The van der Waals surface area contributed by atoms with Crippen LogP contribution in [-0.4, -0.2) is 27.9 Å². The van der Waals surface area contributed by atoms with E-state index in [1.54, 1.807) is 40.9 Å². The Bertz CT molecular complexity index is 1200. The fourth-order valence-corrected chi connectivity index (χ4v) is 2.91. The molecule has 0 aliphatic carbocycles. The molecule has 30 heavy (non-hydrogen) atoms. The Labute approximate surface area is 172 Å². The highest BCUT2D eigenvalue weighted by molar-refractivity contribution is 5.95. The van der Waals surface area contributed by atoms with Crippen molar-refractivity contribution in [2.45, 2.75) is 6.92 Å². The molecule has 0 atom stereocenters. The molecule has 0 saturated heterocycles. The summed E-state index contributed by atoms with van der Waals surface area (Å²) in [5.41, 5.74) is 2.26. The number of pyridine rings is 1. The molecule has 0 spiro atoms. The number of ether oxygens (including phenoxy) is 2. The highest BCUT2D eigenvalue weighted by Crippen LogP contribution is 2.23. The first-order valence-corrected chi connectivity index (χ1v) is 9.33. The van der Waals surface area contributed by atoms with Crippen molar-refractivity contribution in [3.05, 3.63) is 90.4 Å². The van der Waals surface area contributed by atoms with E-state index in [0.29, 0.717) is 22.8 Å². The molecule has 150 valence electrons. The maximum atomic E-state index is 12.2. The van der Waals surface area contributed by atoms with Gasteiger partial charge in [0.25, 0.3) is 5.91 Å². The van der Waals surface area contributed by atoms with Gasteiger partial charge in [-0.3, -0.25) is 4.79 Å². The number of nitrogens with zero attached hydrogens (tertiary/aromatic N) is 2. The van der Waals surface area contributed by atoms with E-state index >= 15 is 0 Å². The number of carbonyl (C=O) groups is 2. The van der Waals surface area contributed by atoms with Crippen LogP contribution in [0.25, 0.3) is 5.65 Å². The van der Waals surface area contributed by atoms with Gasteiger partial charge in [-0.25, -0.2) is 9.78 Å². The Morgan fingerprint density at radius 2 is 1.73 bits per heavy atom. The molecule has 0 radical (unpaired) electrons. The third-order valence-electron chi connectivity index (χ3n) is 4.34. The molecule has 2 aromatic carbocycles. The van der Waals surface area contributed by atoms with Gasteiger partial charge in [0.05, 0.1) is 0 Å². The quantitative estimate of drug-likeness (QED) is 0.489.